The number of benzene rings is 1. The Hall–Kier alpha value is -1.79. The molecule has 0 radical (unpaired) electrons. The standard InChI is InChI=1S/C13H14O2/c1-3-8-12(13(14)15-4-2)11-9-6-5-7-10-11/h3,5-7,9-10H,4H2,1-2H3. The summed E-state index contributed by atoms with van der Waals surface area (Å²) in [6.45, 7) is 3.99. The lowest BCUT2D eigenvalue weighted by atomic mass is 10.1. The van der Waals surface area contributed by atoms with E-state index >= 15 is 0 Å². The fraction of sp³-hybridized carbons (Fsp3) is 0.231. The van der Waals surface area contributed by atoms with E-state index in [-0.39, 0.29) is 5.97 Å². The van der Waals surface area contributed by atoms with Crippen LogP contribution < -0.4 is 0 Å². The van der Waals surface area contributed by atoms with Crippen molar-refractivity contribution >= 4 is 11.5 Å². The molecule has 0 heterocycles. The third-order valence-corrected chi connectivity index (χ3v) is 1.83. The lowest BCUT2D eigenvalue weighted by molar-refractivity contribution is -0.136. The van der Waals surface area contributed by atoms with Crippen LogP contribution in [-0.4, -0.2) is 12.6 Å². The molecule has 1 rings (SSSR count). The van der Waals surface area contributed by atoms with Crippen LogP contribution in [0.15, 0.2) is 42.1 Å². The summed E-state index contributed by atoms with van der Waals surface area (Å²) in [6, 6.07) is 9.39. The third kappa shape index (κ3) is 3.12. The van der Waals surface area contributed by atoms with E-state index in [0.717, 1.165) is 5.56 Å². The molecule has 0 aromatic heterocycles. The summed E-state index contributed by atoms with van der Waals surface area (Å²) in [4.78, 5) is 11.6. The zero-order chi connectivity index (χ0) is 11.1. The quantitative estimate of drug-likeness (QED) is 0.428. The second-order valence-electron chi connectivity index (χ2n) is 2.89. The SMILES string of the molecule is CC=C=C(C(=O)OCC)c1ccccc1. The van der Waals surface area contributed by atoms with Crippen LogP contribution in [0.4, 0.5) is 0 Å². The zero-order valence-electron chi connectivity index (χ0n) is 8.99. The van der Waals surface area contributed by atoms with Crippen LogP contribution >= 0.6 is 0 Å². The monoisotopic (exact) mass is 202 g/mol. The van der Waals surface area contributed by atoms with Crippen molar-refractivity contribution in [1.29, 1.82) is 0 Å². The van der Waals surface area contributed by atoms with Gasteiger partial charge in [0.1, 0.15) is 5.57 Å². The molecule has 0 spiro atoms. The molecule has 2 nitrogen and oxygen atoms in total. The first-order valence-electron chi connectivity index (χ1n) is 4.93. The van der Waals surface area contributed by atoms with Crippen LogP contribution in [0, 0.1) is 0 Å². The molecule has 2 heteroatoms. The summed E-state index contributed by atoms with van der Waals surface area (Å²) in [5.74, 6) is -0.332. The Morgan fingerprint density at radius 3 is 2.60 bits per heavy atom. The predicted molar refractivity (Wildman–Crippen MR) is 60.2 cm³/mol. The molecule has 0 bridgehead atoms. The minimum atomic E-state index is -0.332. The van der Waals surface area contributed by atoms with Crippen molar-refractivity contribution in [3.05, 3.63) is 47.7 Å². The molecule has 0 saturated heterocycles. The number of ether oxygens (including phenoxy) is 1. The fourth-order valence-electron chi connectivity index (χ4n) is 1.21. The highest BCUT2D eigenvalue weighted by Crippen LogP contribution is 2.14. The molecule has 78 valence electrons. The number of carbonyl (C=O) groups excluding carboxylic acids is 1. The van der Waals surface area contributed by atoms with Crippen molar-refractivity contribution in [3.63, 3.8) is 0 Å². The lowest BCUT2D eigenvalue weighted by Crippen LogP contribution is -2.05. The smallest absolute Gasteiger partial charge is 0.346 e. The molecule has 0 fully saturated rings. The maximum Gasteiger partial charge on any atom is 0.346 e. The topological polar surface area (TPSA) is 26.3 Å². The van der Waals surface area contributed by atoms with Crippen LogP contribution in [0.3, 0.4) is 0 Å². The molecule has 1 aromatic carbocycles. The Morgan fingerprint density at radius 2 is 2.07 bits per heavy atom. The van der Waals surface area contributed by atoms with Crippen molar-refractivity contribution in [3.8, 4) is 0 Å². The van der Waals surface area contributed by atoms with Gasteiger partial charge in [0.2, 0.25) is 0 Å². The molecular weight excluding hydrogens is 188 g/mol. The van der Waals surface area contributed by atoms with Crippen LogP contribution in [-0.2, 0) is 9.53 Å². The Bertz CT molecular complexity index is 384. The molecular formula is C13H14O2. The van der Waals surface area contributed by atoms with Crippen LogP contribution in [0.5, 0.6) is 0 Å². The van der Waals surface area contributed by atoms with E-state index in [2.05, 4.69) is 5.73 Å². The minimum absolute atomic E-state index is 0.332. The number of esters is 1. The molecule has 15 heavy (non-hydrogen) atoms. The maximum atomic E-state index is 11.6. The normalized spacial score (nSPS) is 8.93. The molecule has 1 aromatic rings. The Kier molecular flexibility index (Phi) is 4.39. The van der Waals surface area contributed by atoms with Gasteiger partial charge in [-0.3, -0.25) is 0 Å². The molecule has 0 aliphatic rings. The third-order valence-electron chi connectivity index (χ3n) is 1.83. The van der Waals surface area contributed by atoms with Crippen LogP contribution in [0.1, 0.15) is 19.4 Å². The van der Waals surface area contributed by atoms with E-state index in [1.165, 1.54) is 0 Å². The highest BCUT2D eigenvalue weighted by atomic mass is 16.5. The van der Waals surface area contributed by atoms with Gasteiger partial charge >= 0.3 is 5.97 Å². The van der Waals surface area contributed by atoms with Gasteiger partial charge in [-0.05, 0) is 25.5 Å². The highest BCUT2D eigenvalue weighted by Gasteiger charge is 2.11. The van der Waals surface area contributed by atoms with Gasteiger partial charge in [-0.1, -0.05) is 30.3 Å². The van der Waals surface area contributed by atoms with Crippen molar-refractivity contribution in [2.24, 2.45) is 0 Å². The van der Waals surface area contributed by atoms with Gasteiger partial charge in [0.25, 0.3) is 0 Å². The number of rotatable bonds is 3. The summed E-state index contributed by atoms with van der Waals surface area (Å²) in [7, 11) is 0. The van der Waals surface area contributed by atoms with Crippen molar-refractivity contribution in [2.45, 2.75) is 13.8 Å². The number of hydrogen-bond donors (Lipinski definition) is 0. The Morgan fingerprint density at radius 1 is 1.40 bits per heavy atom. The summed E-state index contributed by atoms with van der Waals surface area (Å²) in [5.41, 5.74) is 4.20. The summed E-state index contributed by atoms with van der Waals surface area (Å²) < 4.78 is 4.95. The maximum absolute atomic E-state index is 11.6. The van der Waals surface area contributed by atoms with Gasteiger partial charge in [0, 0.05) is 0 Å². The average molecular weight is 202 g/mol. The van der Waals surface area contributed by atoms with Gasteiger partial charge in [-0.15, -0.1) is 5.73 Å². The number of hydrogen-bond acceptors (Lipinski definition) is 2. The Balaban J connectivity index is 3.06. The molecule has 0 unspecified atom stereocenters. The van der Waals surface area contributed by atoms with Crippen molar-refractivity contribution in [1.82, 2.24) is 0 Å². The van der Waals surface area contributed by atoms with Gasteiger partial charge in [0.15, 0.2) is 0 Å². The van der Waals surface area contributed by atoms with Gasteiger partial charge in [-0.2, -0.15) is 0 Å². The minimum Gasteiger partial charge on any atom is -0.462 e. The first kappa shape index (κ1) is 11.3. The van der Waals surface area contributed by atoms with E-state index in [4.69, 9.17) is 4.74 Å². The van der Waals surface area contributed by atoms with Gasteiger partial charge in [-0.25, -0.2) is 4.79 Å². The first-order valence-corrected chi connectivity index (χ1v) is 4.93. The second-order valence-corrected chi connectivity index (χ2v) is 2.89. The second kappa shape index (κ2) is 5.84. The van der Waals surface area contributed by atoms with E-state index < -0.39 is 0 Å². The van der Waals surface area contributed by atoms with Gasteiger partial charge in [0.05, 0.1) is 6.61 Å². The molecule has 0 amide bonds. The average Bonchev–Trinajstić information content (AvgIpc) is 2.27. The summed E-state index contributed by atoms with van der Waals surface area (Å²) in [6.07, 6.45) is 1.71. The van der Waals surface area contributed by atoms with E-state index in [1.807, 2.05) is 37.3 Å². The van der Waals surface area contributed by atoms with E-state index in [1.54, 1.807) is 13.0 Å². The van der Waals surface area contributed by atoms with E-state index in [0.29, 0.717) is 12.2 Å². The van der Waals surface area contributed by atoms with Crippen LogP contribution in [0.2, 0.25) is 0 Å². The van der Waals surface area contributed by atoms with Crippen molar-refractivity contribution < 1.29 is 9.53 Å². The molecule has 0 aliphatic heterocycles. The Labute approximate surface area is 89.9 Å². The molecule has 0 atom stereocenters. The molecule has 0 aliphatic carbocycles. The predicted octanol–water partition coefficient (Wildman–Crippen LogP) is 2.81. The highest BCUT2D eigenvalue weighted by molar-refractivity contribution is 6.16. The summed E-state index contributed by atoms with van der Waals surface area (Å²) >= 11 is 0. The van der Waals surface area contributed by atoms with Gasteiger partial charge < -0.3 is 4.74 Å². The summed E-state index contributed by atoms with van der Waals surface area (Å²) in [5, 5.41) is 0. The molecule has 0 N–H and O–H groups in total. The van der Waals surface area contributed by atoms with Crippen molar-refractivity contribution in [2.75, 3.05) is 6.61 Å². The largest absolute Gasteiger partial charge is 0.462 e. The molecule has 0 saturated carbocycles. The first-order chi connectivity index (χ1) is 7.29. The van der Waals surface area contributed by atoms with E-state index in [9.17, 15) is 4.79 Å². The fourth-order valence-corrected chi connectivity index (χ4v) is 1.21. The zero-order valence-corrected chi connectivity index (χ0v) is 8.99. The van der Waals surface area contributed by atoms with Crippen LogP contribution in [0.25, 0.3) is 5.57 Å². The number of carbonyl (C=O) groups is 1. The lowest BCUT2D eigenvalue weighted by Gasteiger charge is -2.04.